The first kappa shape index (κ1) is 23.8. The molecule has 1 aliphatic carbocycles. The molecule has 2 atom stereocenters. The zero-order valence-corrected chi connectivity index (χ0v) is 19.8. The summed E-state index contributed by atoms with van der Waals surface area (Å²) in [5, 5.41) is 15.6. The molecule has 0 bridgehead atoms. The number of carboxylic acids is 1. The van der Waals surface area contributed by atoms with Crippen LogP contribution >= 0.6 is 0 Å². The lowest BCUT2D eigenvalue weighted by molar-refractivity contribution is -0.144. The molecular formula is C26H27FN4O5. The van der Waals surface area contributed by atoms with E-state index in [-0.39, 0.29) is 17.5 Å². The normalized spacial score (nSPS) is 19.4. The van der Waals surface area contributed by atoms with Crippen LogP contribution in [-0.2, 0) is 9.53 Å². The summed E-state index contributed by atoms with van der Waals surface area (Å²) in [6, 6.07) is 12.5. The summed E-state index contributed by atoms with van der Waals surface area (Å²) < 4.78 is 24.9. The number of aromatic nitrogens is 2. The van der Waals surface area contributed by atoms with Gasteiger partial charge in [-0.15, -0.1) is 0 Å². The van der Waals surface area contributed by atoms with Crippen molar-refractivity contribution < 1.29 is 28.3 Å². The van der Waals surface area contributed by atoms with E-state index in [0.29, 0.717) is 30.8 Å². The Morgan fingerprint density at radius 2 is 2.00 bits per heavy atom. The predicted molar refractivity (Wildman–Crippen MR) is 129 cm³/mol. The van der Waals surface area contributed by atoms with Gasteiger partial charge in [-0.2, -0.15) is 4.39 Å². The van der Waals surface area contributed by atoms with Crippen molar-refractivity contribution in [3.8, 4) is 11.1 Å². The van der Waals surface area contributed by atoms with Crippen LogP contribution in [0.1, 0.15) is 50.7 Å². The van der Waals surface area contributed by atoms with Gasteiger partial charge < -0.3 is 19.3 Å². The van der Waals surface area contributed by atoms with Gasteiger partial charge in [0.05, 0.1) is 5.41 Å². The average molecular weight is 495 g/mol. The smallest absolute Gasteiger partial charge is 0.414 e. The maximum absolute atomic E-state index is 14.5. The first-order valence-corrected chi connectivity index (χ1v) is 12.0. The Balaban J connectivity index is 1.32. The Morgan fingerprint density at radius 1 is 1.22 bits per heavy atom. The molecule has 2 fully saturated rings. The molecule has 2 aliphatic rings. The second kappa shape index (κ2) is 9.60. The number of piperidine rings is 1. The highest BCUT2D eigenvalue weighted by Crippen LogP contribution is 2.53. The Bertz CT molecular complexity index is 1240. The highest BCUT2D eigenvalue weighted by Gasteiger charge is 2.58. The van der Waals surface area contributed by atoms with Crippen LogP contribution in [0.4, 0.5) is 20.9 Å². The highest BCUT2D eigenvalue weighted by molar-refractivity contribution is 5.89. The van der Waals surface area contributed by atoms with Crippen LogP contribution in [0.2, 0.25) is 0 Å². The number of benzene rings is 1. The maximum Gasteiger partial charge on any atom is 0.414 e. The molecule has 1 saturated heterocycles. The summed E-state index contributed by atoms with van der Waals surface area (Å²) in [4.78, 5) is 30.9. The van der Waals surface area contributed by atoms with E-state index in [1.807, 2.05) is 30.3 Å². The van der Waals surface area contributed by atoms with E-state index in [2.05, 4.69) is 20.4 Å². The molecule has 1 amide bonds. The first-order chi connectivity index (χ1) is 17.4. The van der Waals surface area contributed by atoms with Crippen LogP contribution < -0.4 is 10.2 Å². The number of aliphatic carboxylic acids is 1. The molecular weight excluding hydrogens is 467 g/mol. The molecule has 2 unspecified atom stereocenters. The maximum atomic E-state index is 14.5. The standard InChI is InChI=1S/C26H27FN4O5/c1-16(17-7-3-2-4-8-17)35-25(34)29-23-21(22(27)30-36-23)18-10-11-20(28-15-18)31-14-6-5-9-19(31)26(12-13-26)24(32)33/h2-4,7-8,10-11,15-16,19H,5-6,9,12-14H2,1H3,(H,29,34)(H,32,33). The Labute approximate surface area is 207 Å². The number of rotatable bonds is 7. The molecule has 3 aromatic rings. The molecule has 1 aromatic carbocycles. The van der Waals surface area contributed by atoms with Gasteiger partial charge in [0.1, 0.15) is 17.5 Å². The molecule has 2 N–H and O–H groups in total. The minimum absolute atomic E-state index is 0.0437. The number of hydrogen-bond acceptors (Lipinski definition) is 7. The van der Waals surface area contributed by atoms with Crippen molar-refractivity contribution in [2.45, 2.75) is 51.2 Å². The third-order valence-electron chi connectivity index (χ3n) is 7.10. The van der Waals surface area contributed by atoms with E-state index in [4.69, 9.17) is 9.26 Å². The number of anilines is 2. The molecule has 3 heterocycles. The molecule has 0 radical (unpaired) electrons. The quantitative estimate of drug-likeness (QED) is 0.448. The van der Waals surface area contributed by atoms with E-state index in [0.717, 1.165) is 24.8 Å². The van der Waals surface area contributed by atoms with E-state index in [1.165, 1.54) is 6.20 Å². The zero-order chi connectivity index (χ0) is 25.3. The molecule has 5 rings (SSSR count). The molecule has 36 heavy (non-hydrogen) atoms. The second-order valence-corrected chi connectivity index (χ2v) is 9.33. The molecule has 1 aliphatic heterocycles. The van der Waals surface area contributed by atoms with Crippen molar-refractivity contribution in [2.24, 2.45) is 5.41 Å². The number of halogens is 1. The van der Waals surface area contributed by atoms with Crippen LogP contribution in [0.3, 0.4) is 0 Å². The van der Waals surface area contributed by atoms with Gasteiger partial charge in [-0.1, -0.05) is 30.3 Å². The molecule has 0 spiro atoms. The van der Waals surface area contributed by atoms with Gasteiger partial charge in [-0.3, -0.25) is 10.1 Å². The van der Waals surface area contributed by atoms with Crippen LogP contribution in [0.15, 0.2) is 53.2 Å². The fraction of sp³-hybridized carbons (Fsp3) is 0.385. The van der Waals surface area contributed by atoms with Crippen LogP contribution in [-0.4, -0.2) is 39.9 Å². The number of carbonyl (C=O) groups is 2. The molecule has 2 aromatic heterocycles. The first-order valence-electron chi connectivity index (χ1n) is 12.0. The summed E-state index contributed by atoms with van der Waals surface area (Å²) in [5.41, 5.74) is 0.410. The van der Waals surface area contributed by atoms with Crippen LogP contribution in [0.25, 0.3) is 11.1 Å². The number of amides is 1. The van der Waals surface area contributed by atoms with Gasteiger partial charge in [0, 0.05) is 24.3 Å². The summed E-state index contributed by atoms with van der Waals surface area (Å²) in [5.74, 6) is -1.20. The van der Waals surface area contributed by atoms with Gasteiger partial charge in [0.15, 0.2) is 0 Å². The van der Waals surface area contributed by atoms with Gasteiger partial charge >= 0.3 is 12.1 Å². The number of nitrogens with one attached hydrogen (secondary N) is 1. The van der Waals surface area contributed by atoms with Crippen molar-refractivity contribution in [1.82, 2.24) is 10.1 Å². The van der Waals surface area contributed by atoms with Crippen molar-refractivity contribution in [3.63, 3.8) is 0 Å². The lowest BCUT2D eigenvalue weighted by Crippen LogP contribution is -2.48. The van der Waals surface area contributed by atoms with Gasteiger partial charge in [-0.05, 0) is 61.9 Å². The summed E-state index contributed by atoms with van der Waals surface area (Å²) in [6.07, 6.45) is 4.20. The van der Waals surface area contributed by atoms with Crippen molar-refractivity contribution in [2.75, 3.05) is 16.8 Å². The number of nitrogens with zero attached hydrogens (tertiary/aromatic N) is 3. The Morgan fingerprint density at radius 3 is 2.67 bits per heavy atom. The highest BCUT2D eigenvalue weighted by atomic mass is 19.1. The molecule has 9 nitrogen and oxygen atoms in total. The largest absolute Gasteiger partial charge is 0.481 e. The molecule has 188 valence electrons. The van der Waals surface area contributed by atoms with E-state index in [9.17, 15) is 19.1 Å². The number of carbonyl (C=O) groups excluding carboxylic acids is 1. The number of pyridine rings is 1. The lowest BCUT2D eigenvalue weighted by Gasteiger charge is -2.40. The van der Waals surface area contributed by atoms with Gasteiger partial charge in [0.2, 0.25) is 5.88 Å². The Hall–Kier alpha value is -3.95. The van der Waals surface area contributed by atoms with Gasteiger partial charge in [-0.25, -0.2) is 9.78 Å². The minimum atomic E-state index is -0.894. The topological polar surface area (TPSA) is 118 Å². The third-order valence-corrected chi connectivity index (χ3v) is 7.10. The Kier molecular flexibility index (Phi) is 6.34. The monoisotopic (exact) mass is 494 g/mol. The fourth-order valence-corrected chi connectivity index (χ4v) is 4.99. The van der Waals surface area contributed by atoms with Crippen molar-refractivity contribution >= 4 is 23.8 Å². The fourth-order valence-electron chi connectivity index (χ4n) is 4.99. The van der Waals surface area contributed by atoms with Crippen LogP contribution in [0, 0.1) is 11.4 Å². The summed E-state index contributed by atoms with van der Waals surface area (Å²) in [7, 11) is 0. The van der Waals surface area contributed by atoms with Gasteiger partial charge in [0.25, 0.3) is 5.95 Å². The average Bonchev–Trinajstić information content (AvgIpc) is 3.63. The third kappa shape index (κ3) is 4.50. The second-order valence-electron chi connectivity index (χ2n) is 9.33. The van der Waals surface area contributed by atoms with E-state index in [1.54, 1.807) is 19.1 Å². The summed E-state index contributed by atoms with van der Waals surface area (Å²) >= 11 is 0. The number of hydrogen-bond donors (Lipinski definition) is 2. The number of carboxylic acid groups (broad SMARTS) is 1. The zero-order valence-electron chi connectivity index (χ0n) is 19.8. The molecule has 10 heteroatoms. The number of ether oxygens (including phenoxy) is 1. The molecule has 1 saturated carbocycles. The van der Waals surface area contributed by atoms with Crippen molar-refractivity contribution in [1.29, 1.82) is 0 Å². The predicted octanol–water partition coefficient (Wildman–Crippen LogP) is 5.41. The lowest BCUT2D eigenvalue weighted by atomic mass is 9.87. The van der Waals surface area contributed by atoms with Crippen LogP contribution in [0.5, 0.6) is 0 Å². The summed E-state index contributed by atoms with van der Waals surface area (Å²) in [6.45, 7) is 2.44. The van der Waals surface area contributed by atoms with E-state index >= 15 is 0 Å². The SMILES string of the molecule is CC(OC(=O)Nc1onc(F)c1-c1ccc(N2CCCCC2C2(C(=O)O)CC2)nc1)c1ccccc1. The van der Waals surface area contributed by atoms with E-state index < -0.39 is 29.5 Å². The minimum Gasteiger partial charge on any atom is -0.481 e. The van der Waals surface area contributed by atoms with Crippen molar-refractivity contribution in [3.05, 3.63) is 60.2 Å².